The molecule has 4 unspecified atom stereocenters. The summed E-state index contributed by atoms with van der Waals surface area (Å²) in [5.41, 5.74) is 1.33. The van der Waals surface area contributed by atoms with E-state index in [0.29, 0.717) is 12.0 Å². The average Bonchev–Trinajstić information content (AvgIpc) is 2.85. The van der Waals surface area contributed by atoms with E-state index in [1.54, 1.807) is 0 Å². The summed E-state index contributed by atoms with van der Waals surface area (Å²) in [6, 6.07) is 13.7. The van der Waals surface area contributed by atoms with Gasteiger partial charge >= 0.3 is 0 Å². The van der Waals surface area contributed by atoms with E-state index in [4.69, 9.17) is 0 Å². The molecule has 1 aromatic carbocycles. The van der Waals surface area contributed by atoms with Gasteiger partial charge in [-0.05, 0) is 37.2 Å². The van der Waals surface area contributed by atoms with Gasteiger partial charge in [0.05, 0.1) is 6.07 Å². The Kier molecular flexibility index (Phi) is 3.57. The monoisotopic (exact) mass is 254 g/mol. The van der Waals surface area contributed by atoms with Crippen LogP contribution in [0.2, 0.25) is 0 Å². The zero-order valence-corrected chi connectivity index (χ0v) is 11.6. The standard InChI is InChI=1S/C17H22N2/c1-13(14-7-3-2-4-8-14)19-12-15-9-5-6-10-16(15)17(19)11-18/h2-4,7-8,13,15-17H,5-6,9-10,12H2,1H3. The van der Waals surface area contributed by atoms with Crippen molar-refractivity contribution in [2.45, 2.75) is 44.7 Å². The van der Waals surface area contributed by atoms with Crippen molar-refractivity contribution in [1.29, 1.82) is 5.26 Å². The largest absolute Gasteiger partial charge is 0.281 e. The summed E-state index contributed by atoms with van der Waals surface area (Å²) < 4.78 is 0. The molecule has 0 N–H and O–H groups in total. The Balaban J connectivity index is 1.82. The third kappa shape index (κ3) is 2.28. The number of benzene rings is 1. The molecule has 1 aliphatic heterocycles. The summed E-state index contributed by atoms with van der Waals surface area (Å²) in [7, 11) is 0. The number of hydrogen-bond donors (Lipinski definition) is 0. The maximum Gasteiger partial charge on any atom is 0.101 e. The molecular weight excluding hydrogens is 232 g/mol. The predicted octanol–water partition coefficient (Wildman–Crippen LogP) is 3.76. The highest BCUT2D eigenvalue weighted by molar-refractivity contribution is 5.20. The lowest BCUT2D eigenvalue weighted by Gasteiger charge is -2.29. The minimum atomic E-state index is 0.125. The smallest absolute Gasteiger partial charge is 0.101 e. The third-order valence-corrected chi connectivity index (χ3v) is 5.09. The van der Waals surface area contributed by atoms with Crippen LogP contribution >= 0.6 is 0 Å². The van der Waals surface area contributed by atoms with Crippen molar-refractivity contribution in [3.8, 4) is 6.07 Å². The van der Waals surface area contributed by atoms with Crippen molar-refractivity contribution in [3.63, 3.8) is 0 Å². The van der Waals surface area contributed by atoms with E-state index in [0.717, 1.165) is 12.5 Å². The number of hydrogen-bond acceptors (Lipinski definition) is 2. The second-order valence-electron chi connectivity index (χ2n) is 6.07. The zero-order chi connectivity index (χ0) is 13.2. The topological polar surface area (TPSA) is 27.0 Å². The molecule has 2 aliphatic rings. The van der Waals surface area contributed by atoms with Crippen LogP contribution in [0, 0.1) is 23.2 Å². The Morgan fingerprint density at radius 3 is 2.68 bits per heavy atom. The molecule has 3 rings (SSSR count). The minimum absolute atomic E-state index is 0.125. The highest BCUT2D eigenvalue weighted by atomic mass is 15.2. The Bertz CT molecular complexity index is 462. The van der Waals surface area contributed by atoms with Gasteiger partial charge in [0.1, 0.15) is 6.04 Å². The van der Waals surface area contributed by atoms with Crippen molar-refractivity contribution in [2.75, 3.05) is 6.54 Å². The van der Waals surface area contributed by atoms with Crippen LogP contribution in [0.15, 0.2) is 30.3 Å². The Labute approximate surface area is 116 Å². The number of nitriles is 1. The number of nitrogens with zero attached hydrogens (tertiary/aromatic N) is 2. The van der Waals surface area contributed by atoms with E-state index in [1.807, 2.05) is 0 Å². The third-order valence-electron chi connectivity index (χ3n) is 5.09. The van der Waals surface area contributed by atoms with Gasteiger partial charge in [0, 0.05) is 12.6 Å². The van der Waals surface area contributed by atoms with E-state index < -0.39 is 0 Å². The van der Waals surface area contributed by atoms with Crippen LogP contribution in [0.4, 0.5) is 0 Å². The van der Waals surface area contributed by atoms with Crippen molar-refractivity contribution in [3.05, 3.63) is 35.9 Å². The molecule has 2 heteroatoms. The Morgan fingerprint density at radius 1 is 1.21 bits per heavy atom. The molecule has 19 heavy (non-hydrogen) atoms. The van der Waals surface area contributed by atoms with E-state index in [1.165, 1.54) is 31.2 Å². The lowest BCUT2D eigenvalue weighted by atomic mass is 9.79. The van der Waals surface area contributed by atoms with E-state index >= 15 is 0 Å². The first-order chi connectivity index (χ1) is 9.31. The molecule has 0 aromatic heterocycles. The van der Waals surface area contributed by atoms with E-state index in [2.05, 4.69) is 48.2 Å². The van der Waals surface area contributed by atoms with Crippen LogP contribution < -0.4 is 0 Å². The SMILES string of the molecule is CC(c1ccccc1)N1CC2CCCCC2C1C#N. The van der Waals surface area contributed by atoms with Crippen LogP contribution in [0.5, 0.6) is 0 Å². The van der Waals surface area contributed by atoms with Crippen LogP contribution in [0.1, 0.15) is 44.2 Å². The number of rotatable bonds is 2. The summed E-state index contributed by atoms with van der Waals surface area (Å²) in [4.78, 5) is 2.44. The van der Waals surface area contributed by atoms with Crippen LogP contribution in [-0.4, -0.2) is 17.5 Å². The molecule has 0 radical (unpaired) electrons. The fraction of sp³-hybridized carbons (Fsp3) is 0.588. The summed E-state index contributed by atoms with van der Waals surface area (Å²) in [5.74, 6) is 1.37. The first kappa shape index (κ1) is 12.7. The first-order valence-corrected chi connectivity index (χ1v) is 7.51. The molecule has 0 amide bonds. The zero-order valence-electron chi connectivity index (χ0n) is 11.6. The fourth-order valence-electron chi connectivity index (χ4n) is 4.00. The predicted molar refractivity (Wildman–Crippen MR) is 76.4 cm³/mol. The average molecular weight is 254 g/mol. The van der Waals surface area contributed by atoms with Gasteiger partial charge in [-0.3, -0.25) is 4.90 Å². The highest BCUT2D eigenvalue weighted by Gasteiger charge is 2.44. The lowest BCUT2D eigenvalue weighted by molar-refractivity contribution is 0.206. The highest BCUT2D eigenvalue weighted by Crippen LogP contribution is 2.43. The minimum Gasteiger partial charge on any atom is -0.281 e. The molecule has 1 saturated heterocycles. The Morgan fingerprint density at radius 2 is 1.95 bits per heavy atom. The van der Waals surface area contributed by atoms with Gasteiger partial charge in [0.15, 0.2) is 0 Å². The molecule has 0 bridgehead atoms. The van der Waals surface area contributed by atoms with Gasteiger partial charge in [0.25, 0.3) is 0 Å². The molecule has 2 nitrogen and oxygen atoms in total. The normalized spacial score (nSPS) is 32.5. The first-order valence-electron chi connectivity index (χ1n) is 7.51. The second kappa shape index (κ2) is 5.35. The van der Waals surface area contributed by atoms with Crippen molar-refractivity contribution in [1.82, 2.24) is 4.90 Å². The molecule has 1 saturated carbocycles. The van der Waals surface area contributed by atoms with Crippen molar-refractivity contribution < 1.29 is 0 Å². The number of likely N-dealkylation sites (tertiary alicyclic amines) is 1. The van der Waals surface area contributed by atoms with Crippen LogP contribution in [0.25, 0.3) is 0 Å². The summed E-state index contributed by atoms with van der Waals surface area (Å²) >= 11 is 0. The summed E-state index contributed by atoms with van der Waals surface area (Å²) in [6.45, 7) is 3.36. The second-order valence-corrected chi connectivity index (χ2v) is 6.07. The van der Waals surface area contributed by atoms with Crippen LogP contribution in [0.3, 0.4) is 0 Å². The van der Waals surface area contributed by atoms with Gasteiger partial charge in [-0.2, -0.15) is 5.26 Å². The molecule has 100 valence electrons. The van der Waals surface area contributed by atoms with Gasteiger partial charge in [-0.15, -0.1) is 0 Å². The molecule has 1 aliphatic carbocycles. The molecular formula is C17H22N2. The van der Waals surface area contributed by atoms with Gasteiger partial charge in [0.2, 0.25) is 0 Å². The number of fused-ring (bicyclic) bond motifs is 1. The lowest BCUT2D eigenvalue weighted by Crippen LogP contribution is -2.34. The molecule has 1 aromatic rings. The van der Waals surface area contributed by atoms with Gasteiger partial charge in [-0.1, -0.05) is 43.2 Å². The van der Waals surface area contributed by atoms with Crippen molar-refractivity contribution in [2.24, 2.45) is 11.8 Å². The van der Waals surface area contributed by atoms with E-state index in [9.17, 15) is 5.26 Å². The fourth-order valence-corrected chi connectivity index (χ4v) is 4.00. The van der Waals surface area contributed by atoms with Crippen molar-refractivity contribution >= 4 is 0 Å². The quantitative estimate of drug-likeness (QED) is 0.803. The molecule has 0 spiro atoms. The van der Waals surface area contributed by atoms with Gasteiger partial charge in [-0.25, -0.2) is 0 Å². The maximum absolute atomic E-state index is 9.58. The summed E-state index contributed by atoms with van der Waals surface area (Å²) in [5, 5.41) is 9.58. The summed E-state index contributed by atoms with van der Waals surface area (Å²) in [6.07, 6.45) is 5.24. The van der Waals surface area contributed by atoms with Crippen LogP contribution in [-0.2, 0) is 0 Å². The van der Waals surface area contributed by atoms with E-state index in [-0.39, 0.29) is 6.04 Å². The Hall–Kier alpha value is -1.33. The maximum atomic E-state index is 9.58. The molecule has 4 atom stereocenters. The van der Waals surface area contributed by atoms with Gasteiger partial charge < -0.3 is 0 Å². The molecule has 2 fully saturated rings. The molecule has 1 heterocycles.